The van der Waals surface area contributed by atoms with Gasteiger partial charge in [-0.3, -0.25) is 14.1 Å². The van der Waals surface area contributed by atoms with E-state index in [9.17, 15) is 63.4 Å². The van der Waals surface area contributed by atoms with Crippen molar-refractivity contribution in [3.63, 3.8) is 0 Å². The van der Waals surface area contributed by atoms with Crippen LogP contribution in [0.2, 0.25) is 0 Å². The molecule has 2 saturated heterocycles. The molecule has 2 aromatic carbocycles. The summed E-state index contributed by atoms with van der Waals surface area (Å²) in [4.78, 5) is 22.7. The van der Waals surface area contributed by atoms with E-state index >= 15 is 0 Å². The summed E-state index contributed by atoms with van der Waals surface area (Å²) in [6, 6.07) is 4.63. The summed E-state index contributed by atoms with van der Waals surface area (Å²) in [5.74, 6) is -4.96. The smallest absolute Gasteiger partial charge is 0.397 e. The number of carbonyl (C=O) groups excluding carboxylic acids is 1. The molecule has 11 atom stereocenters. The molecule has 0 aromatic heterocycles. The number of carboxylic acid groups (broad SMARTS) is 1. The fourth-order valence-corrected chi connectivity index (χ4v) is 6.36. The molecule has 23 nitrogen and oxygen atoms in total. The van der Waals surface area contributed by atoms with Gasteiger partial charge in [0.05, 0.1) is 26.4 Å². The summed E-state index contributed by atoms with van der Waals surface area (Å²) in [5, 5.41) is 92.8. The first kappa shape index (κ1) is 42.4. The summed E-state index contributed by atoms with van der Waals surface area (Å²) < 4.78 is 81.9. The number of fused-ring (bicyclic) bond motifs is 1. The van der Waals surface area contributed by atoms with Gasteiger partial charge in [0.15, 0.2) is 23.7 Å². The maximum absolute atomic E-state index is 11.9. The average Bonchev–Trinajstić information content (AvgIpc) is 3.13. The lowest BCUT2D eigenvalue weighted by Gasteiger charge is -2.42. The van der Waals surface area contributed by atoms with E-state index in [0.29, 0.717) is 0 Å². The molecule has 310 valence electrons. The molecule has 56 heavy (non-hydrogen) atoms. The Morgan fingerprint density at radius 2 is 1.43 bits per heavy atom. The average molecular weight is 823 g/mol. The third kappa shape index (κ3) is 9.27. The molecular formula is C32H38O23S. The van der Waals surface area contributed by atoms with Crippen LogP contribution in [0.5, 0.6) is 34.5 Å². The van der Waals surface area contributed by atoms with Crippen molar-refractivity contribution in [2.24, 2.45) is 0 Å². The molecule has 0 aliphatic carbocycles. The van der Waals surface area contributed by atoms with Crippen molar-refractivity contribution in [3.05, 3.63) is 41.2 Å². The van der Waals surface area contributed by atoms with Gasteiger partial charge < -0.3 is 83.9 Å². The van der Waals surface area contributed by atoms with E-state index in [4.69, 9.17) is 43.0 Å². The topological polar surface area (TPSA) is 354 Å². The number of rotatable bonds is 14. The van der Waals surface area contributed by atoms with Crippen molar-refractivity contribution in [2.45, 2.75) is 73.9 Å². The fraction of sp³-hybridized carbons (Fsp3) is 0.500. The molecule has 24 heteroatoms. The van der Waals surface area contributed by atoms with Gasteiger partial charge in [-0.1, -0.05) is 0 Å². The van der Waals surface area contributed by atoms with E-state index in [1.165, 1.54) is 32.4 Å². The number of hydrogen-bond donors (Lipinski definition) is 10. The first-order valence-corrected chi connectivity index (χ1v) is 17.6. The third-order valence-electron chi connectivity index (χ3n) is 8.61. The minimum absolute atomic E-state index is 0.107. The normalized spacial score (nSPS) is 30.2. The van der Waals surface area contributed by atoms with Crippen LogP contribution in [0.4, 0.5) is 0 Å². The zero-order chi connectivity index (χ0) is 41.2. The number of benzene rings is 2. The highest BCUT2D eigenvalue weighted by atomic mass is 32.3. The second kappa shape index (κ2) is 17.2. The van der Waals surface area contributed by atoms with Crippen molar-refractivity contribution in [3.8, 4) is 34.5 Å². The molecule has 0 bridgehead atoms. The Bertz CT molecular complexity index is 1870. The van der Waals surface area contributed by atoms with Crippen LogP contribution in [-0.2, 0) is 43.1 Å². The number of ether oxygens (including phenoxy) is 8. The first-order valence-electron chi connectivity index (χ1n) is 16.2. The van der Waals surface area contributed by atoms with Crippen LogP contribution >= 0.6 is 0 Å². The van der Waals surface area contributed by atoms with Gasteiger partial charge >= 0.3 is 22.3 Å². The van der Waals surface area contributed by atoms with Crippen LogP contribution in [0.1, 0.15) is 23.7 Å². The van der Waals surface area contributed by atoms with Crippen LogP contribution in [-0.4, -0.2) is 160 Å². The van der Waals surface area contributed by atoms with Gasteiger partial charge in [-0.2, -0.15) is 8.42 Å². The molecule has 3 aliphatic rings. The molecule has 2 fully saturated rings. The van der Waals surface area contributed by atoms with Gasteiger partial charge in [-0.15, -0.1) is 0 Å². The monoisotopic (exact) mass is 822 g/mol. The molecule has 2 aromatic rings. The Morgan fingerprint density at radius 1 is 0.804 bits per heavy atom. The van der Waals surface area contributed by atoms with Crippen LogP contribution in [0.25, 0.3) is 6.08 Å². The largest absolute Gasteiger partial charge is 0.508 e. The lowest BCUT2D eigenvalue weighted by atomic mass is 9.98. The van der Waals surface area contributed by atoms with Crippen molar-refractivity contribution < 1.29 is 111 Å². The molecule has 10 N–H and O–H groups in total. The molecule has 0 spiro atoms. The highest BCUT2D eigenvalue weighted by Crippen LogP contribution is 2.48. The van der Waals surface area contributed by atoms with E-state index in [0.717, 1.165) is 12.1 Å². The summed E-state index contributed by atoms with van der Waals surface area (Å²) in [7, 11) is -2.92. The second-order valence-corrected chi connectivity index (χ2v) is 13.4. The molecule has 5 rings (SSSR count). The van der Waals surface area contributed by atoms with E-state index in [1.807, 2.05) is 0 Å². The molecule has 0 radical (unpaired) electrons. The predicted molar refractivity (Wildman–Crippen MR) is 176 cm³/mol. The Hall–Kier alpha value is -4.73. The quantitative estimate of drug-likeness (QED) is 0.0532. The number of hydrogen-bond acceptors (Lipinski definition) is 21. The summed E-state index contributed by atoms with van der Waals surface area (Å²) >= 11 is 0. The van der Waals surface area contributed by atoms with E-state index in [1.54, 1.807) is 0 Å². The van der Waals surface area contributed by atoms with Crippen LogP contribution < -0.4 is 18.9 Å². The molecule has 0 amide bonds. The Labute approximate surface area is 315 Å². The second-order valence-electron chi connectivity index (χ2n) is 12.4. The van der Waals surface area contributed by atoms with Gasteiger partial charge in [0.2, 0.25) is 18.3 Å². The predicted octanol–water partition coefficient (Wildman–Crippen LogP) is -2.56. The lowest BCUT2D eigenvalue weighted by Crippen LogP contribution is -2.61. The maximum atomic E-state index is 11.9. The first-order chi connectivity index (χ1) is 26.3. The summed E-state index contributed by atoms with van der Waals surface area (Å²) in [6.45, 7) is -1.72. The number of aliphatic hydroxyl groups is 6. The maximum Gasteiger partial charge on any atom is 0.397 e. The highest BCUT2D eigenvalue weighted by molar-refractivity contribution is 7.80. The standard InChI is InChI=1S/C32H38O23S/c1-47-16-3-11(4-17(48-2)23(16)38)29-18(52-31-28(43)26(41)24(39)19(9-33)53-31)7-13-14(50-29)5-12(34)6-15(13)51-32-30(55-56(44,45)46)27(42)25(40)20(54-32)10-49-22(37)8-21(35)36/h3-7,19-20,24-34,38-43H,8-10H2,1-2H3,(H,35,36)(H,44,45,46)/t19-,20-,24+,25+,26+,27+,28-,29?,30+,31-,32-/m1/s1. The SMILES string of the molecule is COc1cc(C2Oc3cc(O)cc(O[C@@H]4O[C@H](COC(=O)CC(=O)O)[C@H](O)[C@H](O)[C@@H]4OS(=O)(=O)O)c3C=C2O[C@@H]2O[C@H](CO)[C@H](O)[C@H](O)[C@H]2O)cc(OC)c1O. The van der Waals surface area contributed by atoms with Crippen molar-refractivity contribution in [1.82, 2.24) is 0 Å². The highest BCUT2D eigenvalue weighted by Gasteiger charge is 2.50. The third-order valence-corrected chi connectivity index (χ3v) is 9.07. The van der Waals surface area contributed by atoms with Gasteiger partial charge in [-0.25, -0.2) is 4.18 Å². The van der Waals surface area contributed by atoms with Gasteiger partial charge in [0.25, 0.3) is 0 Å². The minimum atomic E-state index is -5.41. The number of aliphatic hydroxyl groups excluding tert-OH is 6. The number of phenols is 2. The number of aromatic hydroxyl groups is 2. The zero-order valence-corrected chi connectivity index (χ0v) is 29.9. The van der Waals surface area contributed by atoms with Crippen LogP contribution in [0.3, 0.4) is 0 Å². The Balaban J connectivity index is 1.58. The molecular weight excluding hydrogens is 784 g/mol. The van der Waals surface area contributed by atoms with Crippen LogP contribution in [0, 0.1) is 0 Å². The van der Waals surface area contributed by atoms with Crippen molar-refractivity contribution >= 4 is 28.4 Å². The summed E-state index contributed by atoms with van der Waals surface area (Å²) in [6.07, 6.45) is -20.6. The van der Waals surface area contributed by atoms with E-state index < -0.39 is 127 Å². The number of esters is 1. The lowest BCUT2D eigenvalue weighted by molar-refractivity contribution is -0.293. The Morgan fingerprint density at radius 3 is 2.02 bits per heavy atom. The fourth-order valence-electron chi connectivity index (χ4n) is 5.88. The van der Waals surface area contributed by atoms with Gasteiger partial charge in [-0.05, 0) is 18.2 Å². The van der Waals surface area contributed by atoms with E-state index in [-0.39, 0.29) is 34.1 Å². The number of phenolic OH excluding ortho intramolecular Hbond substituents is 2. The Kier molecular flexibility index (Phi) is 13.0. The number of carbonyl (C=O) groups is 2. The van der Waals surface area contributed by atoms with Crippen molar-refractivity contribution in [2.75, 3.05) is 27.4 Å². The van der Waals surface area contributed by atoms with Crippen molar-refractivity contribution in [1.29, 1.82) is 0 Å². The zero-order valence-electron chi connectivity index (χ0n) is 29.0. The molecule has 3 aliphatic heterocycles. The van der Waals surface area contributed by atoms with Gasteiger partial charge in [0, 0.05) is 17.7 Å². The molecule has 3 heterocycles. The number of methoxy groups -OCH3 is 2. The van der Waals surface area contributed by atoms with Crippen LogP contribution in [0.15, 0.2) is 30.0 Å². The number of aliphatic carboxylic acids is 1. The molecule has 0 saturated carbocycles. The summed E-state index contributed by atoms with van der Waals surface area (Å²) in [5.41, 5.74) is -0.0194. The molecule has 1 unspecified atom stereocenters. The van der Waals surface area contributed by atoms with Gasteiger partial charge in [0.1, 0.15) is 78.8 Å². The number of carboxylic acids is 1. The van der Waals surface area contributed by atoms with E-state index in [2.05, 4.69) is 4.18 Å². The minimum Gasteiger partial charge on any atom is -0.508 e.